The molecule has 0 saturated carbocycles. The number of hydrogen-bond acceptors (Lipinski definition) is 3. The monoisotopic (exact) mass is 342 g/mol. The van der Waals surface area contributed by atoms with E-state index >= 15 is 0 Å². The average molecular weight is 342 g/mol. The minimum Gasteiger partial charge on any atom is -0.381 e. The summed E-state index contributed by atoms with van der Waals surface area (Å²) in [5.41, 5.74) is -3.30. The Balaban J connectivity index is 1.94. The lowest BCUT2D eigenvalue weighted by molar-refractivity contribution is -0.198. The van der Waals surface area contributed by atoms with Crippen LogP contribution in [-0.2, 0) is 15.1 Å². The van der Waals surface area contributed by atoms with Crippen molar-refractivity contribution < 1.29 is 27.5 Å². The van der Waals surface area contributed by atoms with E-state index < -0.39 is 23.7 Å². The van der Waals surface area contributed by atoms with Crippen molar-refractivity contribution in [2.24, 2.45) is 5.92 Å². The molecule has 2 saturated heterocycles. The lowest BCUT2D eigenvalue weighted by Gasteiger charge is -2.30. The van der Waals surface area contributed by atoms with Crippen molar-refractivity contribution in [2.75, 3.05) is 19.8 Å². The van der Waals surface area contributed by atoms with Gasteiger partial charge in [0.25, 0.3) is 5.91 Å². The van der Waals surface area contributed by atoms with Crippen LogP contribution in [0.3, 0.4) is 0 Å². The fraction of sp³-hybridized carbons (Fsp3) is 0.500. The molecule has 2 aliphatic heterocycles. The van der Waals surface area contributed by atoms with E-state index in [2.05, 4.69) is 0 Å². The molecule has 0 bridgehead atoms. The second kappa shape index (κ2) is 6.08. The number of hydrogen-bond donors (Lipinski definition) is 1. The number of rotatable bonds is 3. The Kier molecular flexibility index (Phi) is 4.25. The number of carbonyl (C=O) groups is 2. The third kappa shape index (κ3) is 2.64. The Hall–Kier alpha value is -2.09. The van der Waals surface area contributed by atoms with E-state index in [-0.39, 0.29) is 18.0 Å². The van der Waals surface area contributed by atoms with Crippen LogP contribution < -0.4 is 5.32 Å². The summed E-state index contributed by atoms with van der Waals surface area (Å²) in [5.74, 6) is -1.31. The van der Waals surface area contributed by atoms with E-state index in [4.69, 9.17) is 4.74 Å². The molecule has 1 unspecified atom stereocenters. The summed E-state index contributed by atoms with van der Waals surface area (Å²) >= 11 is 0. The largest absolute Gasteiger partial charge is 0.425 e. The number of imide groups is 1. The number of alkyl halides is 3. The summed E-state index contributed by atoms with van der Waals surface area (Å²) in [5, 5.41) is 1.89. The molecule has 1 aromatic carbocycles. The lowest BCUT2D eigenvalue weighted by Crippen LogP contribution is -2.55. The van der Waals surface area contributed by atoms with E-state index in [1.807, 2.05) is 5.32 Å². The highest BCUT2D eigenvalue weighted by molar-refractivity contribution is 6.08. The second-order valence-electron chi connectivity index (χ2n) is 6.02. The van der Waals surface area contributed by atoms with Crippen LogP contribution in [-0.4, -0.2) is 42.8 Å². The standard InChI is InChI=1S/C16H17F3N2O3/c17-16(18,19)15(12-4-2-1-3-5-12)13(22)21(14(23)20-15)10-11-6-8-24-9-7-11/h1-5,11H,6-10H2,(H,20,23). The van der Waals surface area contributed by atoms with Crippen LogP contribution in [0.25, 0.3) is 0 Å². The van der Waals surface area contributed by atoms with Gasteiger partial charge in [-0.05, 0) is 24.3 Å². The summed E-state index contributed by atoms with van der Waals surface area (Å²) < 4.78 is 46.6. The summed E-state index contributed by atoms with van der Waals surface area (Å²) in [4.78, 5) is 25.5. The van der Waals surface area contributed by atoms with Gasteiger partial charge < -0.3 is 10.1 Å². The van der Waals surface area contributed by atoms with Gasteiger partial charge in [0.15, 0.2) is 0 Å². The fourth-order valence-corrected chi connectivity index (χ4v) is 3.17. The van der Waals surface area contributed by atoms with Gasteiger partial charge in [0, 0.05) is 19.8 Å². The Morgan fingerprint density at radius 3 is 2.38 bits per heavy atom. The predicted molar refractivity (Wildman–Crippen MR) is 78.0 cm³/mol. The molecule has 0 aliphatic carbocycles. The molecule has 5 nitrogen and oxygen atoms in total. The van der Waals surface area contributed by atoms with Gasteiger partial charge in [-0.1, -0.05) is 30.3 Å². The van der Waals surface area contributed by atoms with Gasteiger partial charge in [-0.3, -0.25) is 9.69 Å². The highest BCUT2D eigenvalue weighted by Gasteiger charge is 2.68. The topological polar surface area (TPSA) is 58.6 Å². The third-order valence-electron chi connectivity index (χ3n) is 4.52. The lowest BCUT2D eigenvalue weighted by atomic mass is 9.88. The van der Waals surface area contributed by atoms with Crippen molar-refractivity contribution in [1.29, 1.82) is 0 Å². The molecule has 1 atom stereocenters. The molecule has 130 valence electrons. The molecule has 2 heterocycles. The fourth-order valence-electron chi connectivity index (χ4n) is 3.17. The molecule has 3 rings (SSSR count). The van der Waals surface area contributed by atoms with Crippen LogP contribution in [0.2, 0.25) is 0 Å². The van der Waals surface area contributed by atoms with Crippen molar-refractivity contribution in [1.82, 2.24) is 10.2 Å². The summed E-state index contributed by atoms with van der Waals surface area (Å²) in [6, 6.07) is 5.75. The molecule has 0 spiro atoms. The first-order chi connectivity index (χ1) is 11.4. The van der Waals surface area contributed by atoms with Crippen LogP contribution in [0.5, 0.6) is 0 Å². The first-order valence-electron chi connectivity index (χ1n) is 7.70. The van der Waals surface area contributed by atoms with Gasteiger partial charge in [0.2, 0.25) is 5.54 Å². The molecule has 8 heteroatoms. The number of amides is 3. The maximum atomic E-state index is 13.8. The van der Waals surface area contributed by atoms with Crippen LogP contribution in [0, 0.1) is 5.92 Å². The quantitative estimate of drug-likeness (QED) is 0.859. The average Bonchev–Trinajstić information content (AvgIpc) is 2.82. The SMILES string of the molecule is O=C1NC(c2ccccc2)(C(F)(F)F)C(=O)N1CC1CCOCC1. The van der Waals surface area contributed by atoms with Crippen LogP contribution in [0.4, 0.5) is 18.0 Å². The Labute approximate surface area is 136 Å². The van der Waals surface area contributed by atoms with E-state index in [9.17, 15) is 22.8 Å². The smallest absolute Gasteiger partial charge is 0.381 e. The van der Waals surface area contributed by atoms with Gasteiger partial charge in [-0.15, -0.1) is 0 Å². The molecular weight excluding hydrogens is 325 g/mol. The first kappa shape index (κ1) is 16.8. The van der Waals surface area contributed by atoms with Crippen molar-refractivity contribution in [3.63, 3.8) is 0 Å². The first-order valence-corrected chi connectivity index (χ1v) is 7.70. The van der Waals surface area contributed by atoms with E-state index in [1.165, 1.54) is 24.3 Å². The maximum Gasteiger partial charge on any atom is 0.425 e. The van der Waals surface area contributed by atoms with E-state index in [0.717, 1.165) is 0 Å². The molecular formula is C16H17F3N2O3. The number of nitrogens with one attached hydrogen (secondary N) is 1. The Morgan fingerprint density at radius 2 is 1.79 bits per heavy atom. The Bertz CT molecular complexity index is 629. The Morgan fingerprint density at radius 1 is 1.17 bits per heavy atom. The number of ether oxygens (including phenoxy) is 1. The normalized spacial score (nSPS) is 25.9. The highest BCUT2D eigenvalue weighted by Crippen LogP contribution is 2.43. The van der Waals surface area contributed by atoms with Crippen molar-refractivity contribution >= 4 is 11.9 Å². The number of nitrogens with zero attached hydrogens (tertiary/aromatic N) is 1. The van der Waals surface area contributed by atoms with Crippen LogP contribution in [0.1, 0.15) is 18.4 Å². The zero-order valence-electron chi connectivity index (χ0n) is 12.8. The number of halogens is 3. The second-order valence-corrected chi connectivity index (χ2v) is 6.02. The summed E-state index contributed by atoms with van der Waals surface area (Å²) in [7, 11) is 0. The van der Waals surface area contributed by atoms with E-state index in [0.29, 0.717) is 31.0 Å². The van der Waals surface area contributed by atoms with Gasteiger partial charge in [-0.25, -0.2) is 4.79 Å². The molecule has 1 N–H and O–H groups in total. The van der Waals surface area contributed by atoms with Crippen LogP contribution >= 0.6 is 0 Å². The molecule has 1 aromatic rings. The molecule has 24 heavy (non-hydrogen) atoms. The summed E-state index contributed by atoms with van der Waals surface area (Å²) in [6.45, 7) is 0.938. The maximum absolute atomic E-state index is 13.8. The summed E-state index contributed by atoms with van der Waals surface area (Å²) in [6.07, 6.45) is -3.71. The number of carbonyl (C=O) groups excluding carboxylic acids is 2. The predicted octanol–water partition coefficient (Wildman–Crippen LogP) is 2.42. The van der Waals surface area contributed by atoms with E-state index in [1.54, 1.807) is 6.07 Å². The highest BCUT2D eigenvalue weighted by atomic mass is 19.4. The zero-order chi connectivity index (χ0) is 17.4. The van der Waals surface area contributed by atoms with Crippen LogP contribution in [0.15, 0.2) is 30.3 Å². The molecule has 2 aliphatic rings. The number of urea groups is 1. The van der Waals surface area contributed by atoms with Gasteiger partial charge in [-0.2, -0.15) is 13.2 Å². The minimum atomic E-state index is -4.94. The minimum absolute atomic E-state index is 0.0291. The van der Waals surface area contributed by atoms with Crippen molar-refractivity contribution in [3.05, 3.63) is 35.9 Å². The van der Waals surface area contributed by atoms with Gasteiger partial charge in [0.1, 0.15) is 0 Å². The van der Waals surface area contributed by atoms with Gasteiger partial charge >= 0.3 is 12.2 Å². The van der Waals surface area contributed by atoms with Crippen molar-refractivity contribution in [2.45, 2.75) is 24.6 Å². The van der Waals surface area contributed by atoms with Gasteiger partial charge in [0.05, 0.1) is 0 Å². The number of benzene rings is 1. The molecule has 0 radical (unpaired) electrons. The molecule has 0 aromatic heterocycles. The molecule has 2 fully saturated rings. The molecule has 3 amide bonds. The zero-order valence-corrected chi connectivity index (χ0v) is 12.8. The van der Waals surface area contributed by atoms with Crippen molar-refractivity contribution in [3.8, 4) is 0 Å². The third-order valence-corrected chi connectivity index (χ3v) is 4.52.